The lowest BCUT2D eigenvalue weighted by Crippen LogP contribution is -2.59. The number of piperidine rings is 1. The Bertz CT molecular complexity index is 998. The Labute approximate surface area is 213 Å². The van der Waals surface area contributed by atoms with E-state index in [0.29, 0.717) is 44.3 Å². The highest BCUT2D eigenvalue weighted by molar-refractivity contribution is 5.91. The molecule has 196 valence electrons. The minimum absolute atomic E-state index is 0.0560. The summed E-state index contributed by atoms with van der Waals surface area (Å²) < 4.78 is 11.1. The van der Waals surface area contributed by atoms with Crippen LogP contribution in [0.5, 0.6) is 0 Å². The van der Waals surface area contributed by atoms with E-state index in [1.54, 1.807) is 4.90 Å². The third-order valence-corrected chi connectivity index (χ3v) is 8.44. The van der Waals surface area contributed by atoms with Gasteiger partial charge in [0, 0.05) is 49.3 Å². The lowest BCUT2D eigenvalue weighted by molar-refractivity contribution is -0.145. The zero-order valence-electron chi connectivity index (χ0n) is 21.9. The van der Waals surface area contributed by atoms with Crippen molar-refractivity contribution in [1.29, 1.82) is 0 Å². The Morgan fingerprint density at radius 2 is 1.78 bits per heavy atom. The number of nitrogens with one attached hydrogen (secondary N) is 1. The summed E-state index contributed by atoms with van der Waals surface area (Å²) in [4.78, 5) is 43.8. The minimum atomic E-state index is -0.940. The van der Waals surface area contributed by atoms with Gasteiger partial charge in [-0.1, -0.05) is 30.3 Å². The van der Waals surface area contributed by atoms with Crippen LogP contribution in [0.1, 0.15) is 58.4 Å². The molecule has 8 heteroatoms. The molecule has 0 aromatic heterocycles. The molecule has 0 unspecified atom stereocenters. The zero-order chi connectivity index (χ0) is 25.7. The fraction of sp³-hybridized carbons (Fsp3) is 0.679. The number of hydrogen-bond donors (Lipinski definition) is 1. The predicted octanol–water partition coefficient (Wildman–Crippen LogP) is 3.17. The van der Waals surface area contributed by atoms with Crippen LogP contribution in [0, 0.1) is 17.8 Å². The van der Waals surface area contributed by atoms with Gasteiger partial charge in [-0.3, -0.25) is 14.5 Å². The van der Waals surface area contributed by atoms with Crippen LogP contribution in [0.4, 0.5) is 4.79 Å². The first-order valence-corrected chi connectivity index (χ1v) is 13.3. The van der Waals surface area contributed by atoms with Gasteiger partial charge in [0.1, 0.15) is 11.1 Å². The second kappa shape index (κ2) is 9.36. The lowest BCUT2D eigenvalue weighted by Gasteiger charge is -2.43. The summed E-state index contributed by atoms with van der Waals surface area (Å²) in [6.45, 7) is 10.3. The van der Waals surface area contributed by atoms with E-state index in [0.717, 1.165) is 25.2 Å². The molecule has 4 fully saturated rings. The smallest absolute Gasteiger partial charge is 0.411 e. The second-order valence-corrected chi connectivity index (χ2v) is 12.1. The van der Waals surface area contributed by atoms with E-state index in [-0.39, 0.29) is 29.7 Å². The Kier molecular flexibility index (Phi) is 6.52. The van der Waals surface area contributed by atoms with E-state index in [9.17, 15) is 14.4 Å². The van der Waals surface area contributed by atoms with Gasteiger partial charge in [0.05, 0.1) is 13.2 Å². The summed E-state index contributed by atoms with van der Waals surface area (Å²) >= 11 is 0. The van der Waals surface area contributed by atoms with Gasteiger partial charge in [-0.25, -0.2) is 4.79 Å². The number of nitrogens with zero attached hydrogens (tertiary/aromatic N) is 2. The number of hydrogen-bond acceptors (Lipinski definition) is 5. The van der Waals surface area contributed by atoms with Gasteiger partial charge in [0.25, 0.3) is 0 Å². The summed E-state index contributed by atoms with van der Waals surface area (Å²) in [6, 6.07) is 10.2. The molecule has 3 amide bonds. The molecule has 0 radical (unpaired) electrons. The highest BCUT2D eigenvalue weighted by Crippen LogP contribution is 2.45. The number of benzene rings is 1. The van der Waals surface area contributed by atoms with Crippen LogP contribution in [0.25, 0.3) is 0 Å². The average molecular weight is 498 g/mol. The van der Waals surface area contributed by atoms with E-state index in [1.807, 2.05) is 62.9 Å². The van der Waals surface area contributed by atoms with Gasteiger partial charge in [-0.2, -0.15) is 0 Å². The van der Waals surface area contributed by atoms with Crippen molar-refractivity contribution in [3.63, 3.8) is 0 Å². The molecule has 1 aromatic carbocycles. The molecule has 0 spiro atoms. The maximum absolute atomic E-state index is 13.9. The molecule has 1 saturated carbocycles. The average Bonchev–Trinajstić information content (AvgIpc) is 3.18. The first kappa shape index (κ1) is 25.1. The van der Waals surface area contributed by atoms with Crippen molar-refractivity contribution < 1.29 is 23.9 Å². The highest BCUT2D eigenvalue weighted by atomic mass is 16.6. The van der Waals surface area contributed by atoms with Crippen molar-refractivity contribution in [3.8, 4) is 0 Å². The molecule has 4 aliphatic rings. The van der Waals surface area contributed by atoms with Gasteiger partial charge >= 0.3 is 6.09 Å². The van der Waals surface area contributed by atoms with Crippen LogP contribution in [-0.2, 0) is 19.1 Å². The summed E-state index contributed by atoms with van der Waals surface area (Å²) in [7, 11) is 0. The molecule has 36 heavy (non-hydrogen) atoms. The van der Waals surface area contributed by atoms with Crippen LogP contribution in [0.2, 0.25) is 0 Å². The highest BCUT2D eigenvalue weighted by Gasteiger charge is 2.56. The molecule has 3 aliphatic heterocycles. The fourth-order valence-corrected chi connectivity index (χ4v) is 6.35. The predicted molar refractivity (Wildman–Crippen MR) is 134 cm³/mol. The molecule has 1 aliphatic carbocycles. The van der Waals surface area contributed by atoms with Gasteiger partial charge < -0.3 is 19.7 Å². The minimum Gasteiger partial charge on any atom is -0.444 e. The topological polar surface area (TPSA) is 88.2 Å². The normalized spacial score (nSPS) is 33.7. The quantitative estimate of drug-likeness (QED) is 0.690. The Morgan fingerprint density at radius 1 is 1.08 bits per heavy atom. The maximum atomic E-state index is 13.9. The van der Waals surface area contributed by atoms with Crippen LogP contribution < -0.4 is 5.32 Å². The van der Waals surface area contributed by atoms with Crippen molar-refractivity contribution in [2.45, 2.75) is 70.1 Å². The molecule has 1 aromatic rings. The first-order valence-electron chi connectivity index (χ1n) is 13.3. The van der Waals surface area contributed by atoms with Gasteiger partial charge in [0.2, 0.25) is 11.8 Å². The van der Waals surface area contributed by atoms with E-state index in [2.05, 4.69) is 5.32 Å². The van der Waals surface area contributed by atoms with E-state index in [1.165, 1.54) is 0 Å². The SMILES string of the molecule is CC(C)(C)OC(=O)N1CCC[C@@]1(C)C(=O)N1CC[C@H](C(=O)NC2[C@H]3COC[C@H]23)[C@H](c2ccccc2)C1. The number of fused-ring (bicyclic) bond motifs is 1. The van der Waals surface area contributed by atoms with E-state index in [4.69, 9.17) is 9.47 Å². The molecule has 0 bridgehead atoms. The molecular formula is C28H39N3O5. The van der Waals surface area contributed by atoms with E-state index >= 15 is 0 Å². The summed E-state index contributed by atoms with van der Waals surface area (Å²) in [6.07, 6.45) is 1.52. The molecule has 1 N–H and O–H groups in total. The fourth-order valence-electron chi connectivity index (χ4n) is 6.35. The number of ether oxygens (including phenoxy) is 2. The first-order chi connectivity index (χ1) is 17.1. The lowest BCUT2D eigenvalue weighted by atomic mass is 9.79. The number of rotatable bonds is 4. The molecular weight excluding hydrogens is 458 g/mol. The monoisotopic (exact) mass is 497 g/mol. The molecule has 5 rings (SSSR count). The number of carbonyl (C=O) groups is 3. The van der Waals surface area contributed by atoms with Crippen molar-refractivity contribution in [2.75, 3.05) is 32.8 Å². The Morgan fingerprint density at radius 3 is 2.44 bits per heavy atom. The number of amides is 3. The van der Waals surface area contributed by atoms with Crippen LogP contribution in [0.3, 0.4) is 0 Å². The van der Waals surface area contributed by atoms with Crippen LogP contribution in [-0.4, -0.2) is 77.7 Å². The number of carbonyl (C=O) groups excluding carboxylic acids is 3. The maximum Gasteiger partial charge on any atom is 0.411 e. The summed E-state index contributed by atoms with van der Waals surface area (Å²) in [5.41, 5.74) is -0.501. The second-order valence-electron chi connectivity index (χ2n) is 12.1. The molecule has 8 nitrogen and oxygen atoms in total. The molecule has 3 heterocycles. The van der Waals surface area contributed by atoms with Crippen molar-refractivity contribution in [3.05, 3.63) is 35.9 Å². The Balaban J connectivity index is 1.32. The van der Waals surface area contributed by atoms with Gasteiger partial charge in [-0.05, 0) is 52.5 Å². The molecule has 3 saturated heterocycles. The summed E-state index contributed by atoms with van der Waals surface area (Å²) in [5, 5.41) is 3.28. The largest absolute Gasteiger partial charge is 0.444 e. The van der Waals surface area contributed by atoms with Gasteiger partial charge in [-0.15, -0.1) is 0 Å². The van der Waals surface area contributed by atoms with E-state index < -0.39 is 17.2 Å². The van der Waals surface area contributed by atoms with Crippen molar-refractivity contribution in [2.24, 2.45) is 17.8 Å². The Hall–Kier alpha value is -2.61. The van der Waals surface area contributed by atoms with Gasteiger partial charge in [0.15, 0.2) is 0 Å². The third kappa shape index (κ3) is 4.72. The molecule has 5 atom stereocenters. The van der Waals surface area contributed by atoms with Crippen LogP contribution in [0.15, 0.2) is 30.3 Å². The summed E-state index contributed by atoms with van der Waals surface area (Å²) in [5.74, 6) is 0.631. The standard InChI is InChI=1S/C28H39N3O5/c1-27(2,3)36-26(34)31-13-8-12-28(31,4)25(33)30-14-11-19(20(15-30)18-9-6-5-7-10-18)24(32)29-23-21-16-35-17-22(21)23/h5-7,9-10,19-23H,8,11-17H2,1-4H3,(H,29,32)/t19-,20-,21-,22-,28-/m0/s1. The van der Waals surface area contributed by atoms with Crippen LogP contribution >= 0.6 is 0 Å². The van der Waals surface area contributed by atoms with Crippen molar-refractivity contribution >= 4 is 17.9 Å². The number of likely N-dealkylation sites (tertiary alicyclic amines) is 2. The third-order valence-electron chi connectivity index (χ3n) is 8.44. The zero-order valence-corrected chi connectivity index (χ0v) is 21.9. The van der Waals surface area contributed by atoms with Crippen molar-refractivity contribution in [1.82, 2.24) is 15.1 Å².